The third-order valence-electron chi connectivity index (χ3n) is 4.06. The van der Waals surface area contributed by atoms with E-state index in [1.165, 1.54) is 18.3 Å². The number of rotatable bonds is 2. The van der Waals surface area contributed by atoms with Crippen molar-refractivity contribution in [2.24, 2.45) is 0 Å². The number of nitrogens with one attached hydrogen (secondary N) is 1. The predicted molar refractivity (Wildman–Crippen MR) is 86.5 cm³/mol. The van der Waals surface area contributed by atoms with Crippen LogP contribution in [-0.4, -0.2) is 28.9 Å². The van der Waals surface area contributed by atoms with Crippen molar-refractivity contribution in [3.63, 3.8) is 0 Å². The van der Waals surface area contributed by atoms with Gasteiger partial charge in [-0.15, -0.1) is 0 Å². The summed E-state index contributed by atoms with van der Waals surface area (Å²) in [6, 6.07) is 6.90. The molecular weight excluding hydrogens is 314 g/mol. The molecule has 4 nitrogen and oxygen atoms in total. The first-order valence-corrected chi connectivity index (χ1v) is 7.66. The average Bonchev–Trinajstić information content (AvgIpc) is 2.59. The van der Waals surface area contributed by atoms with Crippen LogP contribution in [0.25, 0.3) is 6.08 Å². The summed E-state index contributed by atoms with van der Waals surface area (Å²) < 4.78 is 26.2. The number of carbonyl (C=O) groups excluding carboxylic acids is 1. The second-order valence-corrected chi connectivity index (χ2v) is 5.68. The molecule has 24 heavy (non-hydrogen) atoms. The molecule has 0 aliphatic carbocycles. The fraction of sp³-hybridized carbons (Fsp3) is 0.222. The summed E-state index contributed by atoms with van der Waals surface area (Å²) in [5.41, 5.74) is 1.39. The molecule has 2 heterocycles. The standard InChI is InChI=1S/C18H16F2N2O2/c19-15-4-3-13(11-16(15)20)10-12-5-8-22(9-6-12)18(24)14-2-1-7-21-17(14)23/h1-4,7,10-11H,5-6,8-9H2,(H,21,23). The maximum absolute atomic E-state index is 13.2. The van der Waals surface area contributed by atoms with Crippen molar-refractivity contribution >= 4 is 12.0 Å². The van der Waals surface area contributed by atoms with Crippen LogP contribution in [0, 0.1) is 11.6 Å². The highest BCUT2D eigenvalue weighted by atomic mass is 19.2. The van der Waals surface area contributed by atoms with E-state index >= 15 is 0 Å². The molecule has 0 spiro atoms. The minimum atomic E-state index is -0.875. The van der Waals surface area contributed by atoms with Crippen LogP contribution in [0.3, 0.4) is 0 Å². The van der Waals surface area contributed by atoms with E-state index < -0.39 is 17.2 Å². The van der Waals surface area contributed by atoms with Gasteiger partial charge in [0, 0.05) is 19.3 Å². The van der Waals surface area contributed by atoms with Crippen LogP contribution < -0.4 is 5.56 Å². The van der Waals surface area contributed by atoms with E-state index in [2.05, 4.69) is 4.98 Å². The van der Waals surface area contributed by atoms with Gasteiger partial charge in [-0.3, -0.25) is 9.59 Å². The molecule has 1 aromatic heterocycles. The predicted octanol–water partition coefficient (Wildman–Crippen LogP) is 2.97. The summed E-state index contributed by atoms with van der Waals surface area (Å²) in [6.45, 7) is 0.978. The minimum Gasteiger partial charge on any atom is -0.338 e. The summed E-state index contributed by atoms with van der Waals surface area (Å²) in [6.07, 6.45) is 4.57. The van der Waals surface area contributed by atoms with Crippen molar-refractivity contribution < 1.29 is 13.6 Å². The Hall–Kier alpha value is -2.76. The van der Waals surface area contributed by atoms with Crippen LogP contribution in [0.2, 0.25) is 0 Å². The third kappa shape index (κ3) is 3.42. The number of benzene rings is 1. The fourth-order valence-corrected chi connectivity index (χ4v) is 2.74. The van der Waals surface area contributed by atoms with Gasteiger partial charge >= 0.3 is 0 Å². The molecule has 0 saturated carbocycles. The molecule has 1 fully saturated rings. The van der Waals surface area contributed by atoms with Gasteiger partial charge in [0.2, 0.25) is 0 Å². The van der Waals surface area contributed by atoms with E-state index in [9.17, 15) is 18.4 Å². The number of carbonyl (C=O) groups is 1. The summed E-state index contributed by atoms with van der Waals surface area (Å²) >= 11 is 0. The summed E-state index contributed by atoms with van der Waals surface area (Å²) in [4.78, 5) is 28.2. The maximum atomic E-state index is 13.2. The number of hydrogen-bond acceptors (Lipinski definition) is 2. The summed E-state index contributed by atoms with van der Waals surface area (Å²) in [7, 11) is 0. The number of nitrogens with zero attached hydrogens (tertiary/aromatic N) is 1. The number of amides is 1. The van der Waals surface area contributed by atoms with Crippen LogP contribution in [-0.2, 0) is 0 Å². The smallest absolute Gasteiger partial charge is 0.260 e. The quantitative estimate of drug-likeness (QED) is 0.920. The Morgan fingerprint density at radius 1 is 1.12 bits per heavy atom. The number of likely N-dealkylation sites (tertiary alicyclic amines) is 1. The zero-order valence-electron chi connectivity index (χ0n) is 12.9. The Bertz CT molecular complexity index is 848. The number of H-pyrrole nitrogens is 1. The molecular formula is C18H16F2N2O2. The van der Waals surface area contributed by atoms with Crippen molar-refractivity contribution in [1.82, 2.24) is 9.88 Å². The number of piperidine rings is 1. The highest BCUT2D eigenvalue weighted by Gasteiger charge is 2.22. The number of halogens is 2. The Morgan fingerprint density at radius 2 is 1.88 bits per heavy atom. The zero-order valence-corrected chi connectivity index (χ0v) is 12.9. The fourth-order valence-electron chi connectivity index (χ4n) is 2.74. The highest BCUT2D eigenvalue weighted by Crippen LogP contribution is 2.21. The van der Waals surface area contributed by atoms with Gasteiger partial charge in [-0.1, -0.05) is 17.7 Å². The Kier molecular flexibility index (Phi) is 4.55. The van der Waals surface area contributed by atoms with E-state index in [-0.39, 0.29) is 11.5 Å². The summed E-state index contributed by atoms with van der Waals surface area (Å²) in [5, 5.41) is 0. The lowest BCUT2D eigenvalue weighted by atomic mass is 10.0. The molecule has 2 aromatic rings. The lowest BCUT2D eigenvalue weighted by Crippen LogP contribution is -2.38. The van der Waals surface area contributed by atoms with Crippen LogP contribution in [0.15, 0.2) is 46.9 Å². The zero-order chi connectivity index (χ0) is 17.1. The van der Waals surface area contributed by atoms with Gasteiger partial charge in [0.15, 0.2) is 11.6 Å². The topological polar surface area (TPSA) is 53.2 Å². The molecule has 0 radical (unpaired) electrons. The molecule has 0 bridgehead atoms. The Balaban J connectivity index is 1.68. The van der Waals surface area contributed by atoms with Gasteiger partial charge in [0.1, 0.15) is 5.56 Å². The Labute approximate surface area is 137 Å². The number of aromatic nitrogens is 1. The maximum Gasteiger partial charge on any atom is 0.260 e. The van der Waals surface area contributed by atoms with E-state index in [0.29, 0.717) is 31.5 Å². The molecule has 1 saturated heterocycles. The minimum absolute atomic E-state index is 0.130. The summed E-state index contributed by atoms with van der Waals surface area (Å²) in [5.74, 6) is -2.03. The van der Waals surface area contributed by atoms with Crippen molar-refractivity contribution in [2.45, 2.75) is 12.8 Å². The van der Waals surface area contributed by atoms with E-state index in [1.807, 2.05) is 6.08 Å². The van der Waals surface area contributed by atoms with Gasteiger partial charge in [-0.2, -0.15) is 0 Å². The largest absolute Gasteiger partial charge is 0.338 e. The first-order chi connectivity index (χ1) is 11.5. The third-order valence-corrected chi connectivity index (χ3v) is 4.06. The molecule has 1 N–H and O–H groups in total. The highest BCUT2D eigenvalue weighted by molar-refractivity contribution is 5.93. The van der Waals surface area contributed by atoms with Crippen LogP contribution in [0.4, 0.5) is 8.78 Å². The van der Waals surface area contributed by atoms with Crippen molar-refractivity contribution in [1.29, 1.82) is 0 Å². The normalized spacial score (nSPS) is 14.6. The van der Waals surface area contributed by atoms with E-state index in [1.54, 1.807) is 11.0 Å². The van der Waals surface area contributed by atoms with E-state index in [0.717, 1.165) is 17.7 Å². The van der Waals surface area contributed by atoms with Gasteiger partial charge in [-0.25, -0.2) is 8.78 Å². The van der Waals surface area contributed by atoms with Crippen LogP contribution in [0.5, 0.6) is 0 Å². The van der Waals surface area contributed by atoms with Crippen LogP contribution in [0.1, 0.15) is 28.8 Å². The van der Waals surface area contributed by atoms with Crippen molar-refractivity contribution in [2.75, 3.05) is 13.1 Å². The molecule has 1 aliphatic heterocycles. The molecule has 0 atom stereocenters. The molecule has 1 aromatic carbocycles. The first kappa shape index (κ1) is 16.1. The second kappa shape index (κ2) is 6.78. The average molecular weight is 330 g/mol. The van der Waals surface area contributed by atoms with E-state index in [4.69, 9.17) is 0 Å². The SMILES string of the molecule is O=C(c1ccc[nH]c1=O)N1CCC(=Cc2ccc(F)c(F)c2)CC1. The molecule has 1 amide bonds. The molecule has 1 aliphatic rings. The number of pyridine rings is 1. The second-order valence-electron chi connectivity index (χ2n) is 5.68. The lowest BCUT2D eigenvalue weighted by Gasteiger charge is -2.28. The number of hydrogen-bond donors (Lipinski definition) is 1. The van der Waals surface area contributed by atoms with Crippen molar-refractivity contribution in [3.05, 3.63) is 75.2 Å². The number of aromatic amines is 1. The first-order valence-electron chi connectivity index (χ1n) is 7.66. The Morgan fingerprint density at radius 3 is 2.54 bits per heavy atom. The lowest BCUT2D eigenvalue weighted by molar-refractivity contribution is 0.0742. The van der Waals surface area contributed by atoms with Crippen molar-refractivity contribution in [3.8, 4) is 0 Å². The molecule has 0 unspecified atom stereocenters. The van der Waals surface area contributed by atoms with Gasteiger partial charge < -0.3 is 9.88 Å². The van der Waals surface area contributed by atoms with Gasteiger partial charge in [0.25, 0.3) is 11.5 Å². The molecule has 3 rings (SSSR count). The molecule has 124 valence electrons. The molecule has 6 heteroatoms. The monoisotopic (exact) mass is 330 g/mol. The van der Waals surface area contributed by atoms with Gasteiger partial charge in [0.05, 0.1) is 0 Å². The van der Waals surface area contributed by atoms with Crippen LogP contribution >= 0.6 is 0 Å². The van der Waals surface area contributed by atoms with Gasteiger partial charge in [-0.05, 0) is 42.7 Å².